The van der Waals surface area contributed by atoms with Crippen molar-refractivity contribution in [2.75, 3.05) is 0 Å². The molecule has 0 saturated heterocycles. The lowest BCUT2D eigenvalue weighted by atomic mass is 10.2. The first-order valence-electron chi connectivity index (χ1n) is 5.76. The second kappa shape index (κ2) is 6.03. The minimum Gasteiger partial charge on any atom is -0.350 e. The van der Waals surface area contributed by atoms with Gasteiger partial charge in [-0.2, -0.15) is 5.06 Å². The van der Waals surface area contributed by atoms with Gasteiger partial charge in [-0.3, -0.25) is 15.5 Å². The molecular formula is C13H15N3O3. The summed E-state index contributed by atoms with van der Waals surface area (Å²) in [5, 5.41) is 9.79. The molecule has 0 fully saturated rings. The Morgan fingerprint density at radius 2 is 2.16 bits per heavy atom. The molecule has 0 saturated carbocycles. The Bertz CT molecular complexity index is 499. The van der Waals surface area contributed by atoms with E-state index in [2.05, 4.69) is 5.48 Å². The fourth-order valence-corrected chi connectivity index (χ4v) is 1.64. The number of nitrogens with one attached hydrogen (secondary N) is 1. The molecule has 0 spiro atoms. The number of nitrogens with two attached hydrogens (primary N) is 1. The fourth-order valence-electron chi connectivity index (χ4n) is 1.64. The summed E-state index contributed by atoms with van der Waals surface area (Å²) in [6, 6.07) is 8.22. The molecule has 1 aliphatic carbocycles. The highest BCUT2D eigenvalue weighted by Crippen LogP contribution is 2.12. The first kappa shape index (κ1) is 13.1. The van der Waals surface area contributed by atoms with Gasteiger partial charge in [0.2, 0.25) is 0 Å². The van der Waals surface area contributed by atoms with E-state index in [4.69, 9.17) is 10.6 Å². The fraction of sp³-hybridized carbons (Fsp3) is 0.154. The normalized spacial score (nSPS) is 17.1. The molecule has 1 aliphatic rings. The topological polar surface area (TPSA) is 87.8 Å². The molecule has 0 aromatic heterocycles. The van der Waals surface area contributed by atoms with E-state index in [0.29, 0.717) is 17.4 Å². The van der Waals surface area contributed by atoms with Gasteiger partial charge >= 0.3 is 6.03 Å². The lowest BCUT2D eigenvalue weighted by Gasteiger charge is -2.15. The average molecular weight is 261 g/mol. The molecule has 2 rings (SSSR count). The molecule has 19 heavy (non-hydrogen) atoms. The van der Waals surface area contributed by atoms with Crippen molar-refractivity contribution < 1.29 is 14.8 Å². The third kappa shape index (κ3) is 3.57. The Labute approximate surface area is 110 Å². The maximum atomic E-state index is 10.8. The maximum Gasteiger partial charge on any atom is 0.339 e. The van der Waals surface area contributed by atoms with Crippen molar-refractivity contribution in [3.8, 4) is 0 Å². The molecule has 6 nitrogen and oxygen atoms in total. The summed E-state index contributed by atoms with van der Waals surface area (Å²) in [5.41, 5.74) is 9.39. The van der Waals surface area contributed by atoms with E-state index in [9.17, 15) is 10.0 Å². The number of allylic oxidation sites excluding steroid dienone is 1. The molecule has 0 bridgehead atoms. The van der Waals surface area contributed by atoms with Crippen molar-refractivity contribution in [3.05, 3.63) is 59.8 Å². The minimum absolute atomic E-state index is 0.412. The Balaban J connectivity index is 1.80. The molecule has 0 aliphatic heterocycles. The van der Waals surface area contributed by atoms with Crippen molar-refractivity contribution in [2.24, 2.45) is 5.73 Å². The Kier molecular flexibility index (Phi) is 4.17. The first-order chi connectivity index (χ1) is 9.16. The Morgan fingerprint density at radius 1 is 1.42 bits per heavy atom. The SMILES string of the molecule is NC(=O)N(O)[C@@H]1C=CC(NOCc2ccccc2)=C1. The summed E-state index contributed by atoms with van der Waals surface area (Å²) in [5.74, 6) is 0. The van der Waals surface area contributed by atoms with Gasteiger partial charge in [-0.05, 0) is 17.7 Å². The lowest BCUT2D eigenvalue weighted by molar-refractivity contribution is -0.0486. The number of hydrogen-bond donors (Lipinski definition) is 3. The number of carbonyl (C=O) groups is 1. The van der Waals surface area contributed by atoms with Crippen molar-refractivity contribution >= 4 is 6.03 Å². The predicted octanol–water partition coefficient (Wildman–Crippen LogP) is 1.30. The van der Waals surface area contributed by atoms with Crippen LogP contribution in [0, 0.1) is 0 Å². The predicted molar refractivity (Wildman–Crippen MR) is 68.6 cm³/mol. The number of amides is 2. The van der Waals surface area contributed by atoms with Crippen LogP contribution in [0.3, 0.4) is 0 Å². The number of rotatable bonds is 5. The second-order valence-corrected chi connectivity index (χ2v) is 4.03. The number of urea groups is 1. The van der Waals surface area contributed by atoms with Crippen LogP contribution in [0.15, 0.2) is 54.3 Å². The third-order valence-electron chi connectivity index (χ3n) is 2.60. The van der Waals surface area contributed by atoms with Gasteiger partial charge in [0.1, 0.15) is 6.04 Å². The maximum absolute atomic E-state index is 10.8. The van der Waals surface area contributed by atoms with Gasteiger partial charge in [-0.25, -0.2) is 4.79 Å². The highest BCUT2D eigenvalue weighted by atomic mass is 16.6. The van der Waals surface area contributed by atoms with E-state index in [1.54, 1.807) is 18.2 Å². The number of hydroxylamine groups is 3. The van der Waals surface area contributed by atoms with Crippen LogP contribution in [-0.2, 0) is 11.4 Å². The summed E-state index contributed by atoms with van der Waals surface area (Å²) in [6.45, 7) is 0.412. The van der Waals surface area contributed by atoms with Crippen molar-refractivity contribution in [1.82, 2.24) is 10.5 Å². The van der Waals surface area contributed by atoms with Crippen LogP contribution in [0.5, 0.6) is 0 Å². The van der Waals surface area contributed by atoms with Crippen LogP contribution in [-0.4, -0.2) is 22.3 Å². The highest BCUT2D eigenvalue weighted by molar-refractivity contribution is 5.71. The van der Waals surface area contributed by atoms with E-state index >= 15 is 0 Å². The van der Waals surface area contributed by atoms with Crippen molar-refractivity contribution in [2.45, 2.75) is 12.6 Å². The molecule has 4 N–H and O–H groups in total. The number of hydrogen-bond acceptors (Lipinski definition) is 4. The smallest absolute Gasteiger partial charge is 0.339 e. The van der Waals surface area contributed by atoms with Gasteiger partial charge in [-0.15, -0.1) is 0 Å². The number of primary amides is 1. The van der Waals surface area contributed by atoms with Crippen LogP contribution >= 0.6 is 0 Å². The molecule has 100 valence electrons. The van der Waals surface area contributed by atoms with E-state index < -0.39 is 12.1 Å². The molecule has 0 unspecified atom stereocenters. The molecule has 2 amide bonds. The van der Waals surface area contributed by atoms with Crippen LogP contribution in [0.4, 0.5) is 4.79 Å². The number of carbonyl (C=O) groups excluding carboxylic acids is 1. The van der Waals surface area contributed by atoms with Crippen LogP contribution in [0.1, 0.15) is 5.56 Å². The van der Waals surface area contributed by atoms with E-state index in [1.807, 2.05) is 30.3 Å². The monoisotopic (exact) mass is 261 g/mol. The third-order valence-corrected chi connectivity index (χ3v) is 2.60. The summed E-state index contributed by atoms with van der Waals surface area (Å²) in [4.78, 5) is 16.1. The van der Waals surface area contributed by atoms with Gasteiger partial charge in [0, 0.05) is 0 Å². The van der Waals surface area contributed by atoms with Crippen LogP contribution < -0.4 is 11.2 Å². The van der Waals surface area contributed by atoms with E-state index in [-0.39, 0.29) is 0 Å². The average Bonchev–Trinajstić information content (AvgIpc) is 2.88. The van der Waals surface area contributed by atoms with Gasteiger partial charge < -0.3 is 5.73 Å². The van der Waals surface area contributed by atoms with Crippen molar-refractivity contribution in [1.29, 1.82) is 0 Å². The van der Waals surface area contributed by atoms with Gasteiger partial charge in [0.15, 0.2) is 0 Å². The quantitative estimate of drug-likeness (QED) is 0.550. The van der Waals surface area contributed by atoms with Gasteiger partial charge in [0.05, 0.1) is 12.3 Å². The molecule has 6 heteroatoms. The summed E-state index contributed by atoms with van der Waals surface area (Å²) in [6.07, 6.45) is 4.94. The summed E-state index contributed by atoms with van der Waals surface area (Å²) >= 11 is 0. The zero-order valence-corrected chi connectivity index (χ0v) is 10.2. The standard InChI is InChI=1S/C13H15N3O3/c14-13(17)16(18)12-7-6-11(8-12)15-19-9-10-4-2-1-3-5-10/h1-8,12,15,18H,9H2,(H2,14,17)/t12-/m1/s1. The molecule has 1 aromatic carbocycles. The molecule has 0 radical (unpaired) electrons. The summed E-state index contributed by atoms with van der Waals surface area (Å²) < 4.78 is 0. The Hall–Kier alpha value is -2.31. The van der Waals surface area contributed by atoms with Gasteiger partial charge in [0.25, 0.3) is 0 Å². The van der Waals surface area contributed by atoms with Gasteiger partial charge in [-0.1, -0.05) is 36.4 Å². The minimum atomic E-state index is -0.905. The zero-order valence-electron chi connectivity index (χ0n) is 10.2. The molecular weight excluding hydrogens is 246 g/mol. The largest absolute Gasteiger partial charge is 0.350 e. The molecule has 1 aromatic rings. The first-order valence-corrected chi connectivity index (χ1v) is 5.76. The van der Waals surface area contributed by atoms with E-state index in [1.165, 1.54) is 0 Å². The Morgan fingerprint density at radius 3 is 2.84 bits per heavy atom. The second-order valence-electron chi connectivity index (χ2n) is 4.03. The molecule has 1 atom stereocenters. The zero-order chi connectivity index (χ0) is 13.7. The van der Waals surface area contributed by atoms with Crippen LogP contribution in [0.25, 0.3) is 0 Å². The lowest BCUT2D eigenvalue weighted by Crippen LogP contribution is -2.38. The summed E-state index contributed by atoms with van der Waals surface area (Å²) in [7, 11) is 0. The number of nitrogens with zero attached hydrogens (tertiary/aromatic N) is 1. The number of benzene rings is 1. The van der Waals surface area contributed by atoms with E-state index in [0.717, 1.165) is 5.56 Å². The highest BCUT2D eigenvalue weighted by Gasteiger charge is 2.19. The molecule has 0 heterocycles. The van der Waals surface area contributed by atoms with Crippen molar-refractivity contribution in [3.63, 3.8) is 0 Å². The van der Waals surface area contributed by atoms with Crippen LogP contribution in [0.2, 0.25) is 0 Å².